The smallest absolute Gasteiger partial charge is 0.274 e. The summed E-state index contributed by atoms with van der Waals surface area (Å²) in [6.45, 7) is 9.52. The minimum Gasteiger partial charge on any atom is -0.369 e. The molecule has 0 aliphatic carbocycles. The van der Waals surface area contributed by atoms with Gasteiger partial charge < -0.3 is 10.2 Å². The molecule has 1 saturated heterocycles. The molecule has 0 saturated carbocycles. The minimum absolute atomic E-state index is 0.0145. The third kappa shape index (κ3) is 3.69. The zero-order valence-electron chi connectivity index (χ0n) is 13.4. The van der Waals surface area contributed by atoms with E-state index in [1.807, 2.05) is 4.90 Å². The highest BCUT2D eigenvalue weighted by molar-refractivity contribution is 5.92. The molecular formula is C15H25N5O. The molecule has 1 N–H and O–H groups in total. The Labute approximate surface area is 126 Å². The molecule has 1 aliphatic heterocycles. The zero-order valence-corrected chi connectivity index (χ0v) is 13.4. The third-order valence-corrected chi connectivity index (χ3v) is 4.01. The van der Waals surface area contributed by atoms with E-state index in [4.69, 9.17) is 0 Å². The first-order valence-corrected chi connectivity index (χ1v) is 7.50. The molecular weight excluding hydrogens is 266 g/mol. The Hall–Kier alpha value is -1.69. The van der Waals surface area contributed by atoms with E-state index in [9.17, 15) is 4.79 Å². The molecule has 0 spiro atoms. The van der Waals surface area contributed by atoms with Crippen LogP contribution in [0.4, 0.5) is 5.82 Å². The molecule has 2 heterocycles. The second kappa shape index (κ2) is 6.39. The Morgan fingerprint density at radius 3 is 2.81 bits per heavy atom. The predicted octanol–water partition coefficient (Wildman–Crippen LogP) is 1.46. The molecule has 1 amide bonds. The van der Waals surface area contributed by atoms with Crippen molar-refractivity contribution in [1.29, 1.82) is 0 Å². The van der Waals surface area contributed by atoms with Gasteiger partial charge in [0.2, 0.25) is 0 Å². The number of anilines is 1. The van der Waals surface area contributed by atoms with E-state index in [1.165, 1.54) is 0 Å². The van der Waals surface area contributed by atoms with Crippen molar-refractivity contribution in [1.82, 2.24) is 19.8 Å². The average Bonchev–Trinajstić information content (AvgIpc) is 2.47. The lowest BCUT2D eigenvalue weighted by Gasteiger charge is -2.45. The third-order valence-electron chi connectivity index (χ3n) is 4.01. The maximum absolute atomic E-state index is 12.6. The lowest BCUT2D eigenvalue weighted by Crippen LogP contribution is -2.58. The fourth-order valence-corrected chi connectivity index (χ4v) is 2.38. The van der Waals surface area contributed by atoms with Crippen LogP contribution in [0, 0.1) is 0 Å². The fourth-order valence-electron chi connectivity index (χ4n) is 2.38. The molecule has 0 bridgehead atoms. The van der Waals surface area contributed by atoms with Crippen molar-refractivity contribution in [2.75, 3.05) is 38.5 Å². The average molecular weight is 291 g/mol. The first kappa shape index (κ1) is 15.7. The summed E-state index contributed by atoms with van der Waals surface area (Å²) in [4.78, 5) is 25.2. The molecule has 0 radical (unpaired) electrons. The molecule has 1 aromatic heterocycles. The van der Waals surface area contributed by atoms with Crippen molar-refractivity contribution >= 4 is 11.7 Å². The number of hydrogen-bond acceptors (Lipinski definition) is 5. The molecule has 1 aliphatic rings. The van der Waals surface area contributed by atoms with Crippen molar-refractivity contribution in [3.05, 3.63) is 18.1 Å². The summed E-state index contributed by atoms with van der Waals surface area (Å²) in [6, 6.07) is 0. The predicted molar refractivity (Wildman–Crippen MR) is 83.4 cm³/mol. The van der Waals surface area contributed by atoms with Crippen molar-refractivity contribution in [3.63, 3.8) is 0 Å². The Morgan fingerprint density at radius 2 is 2.14 bits per heavy atom. The summed E-state index contributed by atoms with van der Waals surface area (Å²) >= 11 is 0. The first-order chi connectivity index (χ1) is 9.94. The van der Waals surface area contributed by atoms with Gasteiger partial charge >= 0.3 is 0 Å². The zero-order chi connectivity index (χ0) is 15.5. The van der Waals surface area contributed by atoms with Crippen molar-refractivity contribution < 1.29 is 4.79 Å². The van der Waals surface area contributed by atoms with Gasteiger partial charge in [0.1, 0.15) is 11.5 Å². The lowest BCUT2D eigenvalue weighted by molar-refractivity contribution is 0.0307. The SMILES string of the molecule is CCCNc1cncc(C(=O)N2CCN(C)C(C)(C)C2)n1. The lowest BCUT2D eigenvalue weighted by atomic mass is 9.99. The van der Waals surface area contributed by atoms with E-state index in [2.05, 4.69) is 48.0 Å². The number of amides is 1. The summed E-state index contributed by atoms with van der Waals surface area (Å²) in [5.74, 6) is 0.625. The number of hydrogen-bond donors (Lipinski definition) is 1. The van der Waals surface area contributed by atoms with Crippen LogP contribution in [0.1, 0.15) is 37.7 Å². The summed E-state index contributed by atoms with van der Waals surface area (Å²) in [7, 11) is 2.09. The van der Waals surface area contributed by atoms with Crippen LogP contribution in [0.3, 0.4) is 0 Å². The van der Waals surface area contributed by atoms with E-state index in [0.717, 1.165) is 26.1 Å². The van der Waals surface area contributed by atoms with Crippen LogP contribution < -0.4 is 5.32 Å². The maximum Gasteiger partial charge on any atom is 0.274 e. The van der Waals surface area contributed by atoms with Crippen LogP contribution in [0.5, 0.6) is 0 Å². The Balaban J connectivity index is 2.09. The fraction of sp³-hybridized carbons (Fsp3) is 0.667. The summed E-state index contributed by atoms with van der Waals surface area (Å²) < 4.78 is 0. The number of piperazine rings is 1. The van der Waals surface area contributed by atoms with Crippen molar-refractivity contribution in [2.24, 2.45) is 0 Å². The number of nitrogens with one attached hydrogen (secondary N) is 1. The summed E-state index contributed by atoms with van der Waals surface area (Å²) in [5.41, 5.74) is 0.399. The van der Waals surface area contributed by atoms with Gasteiger partial charge in [-0.3, -0.25) is 14.7 Å². The van der Waals surface area contributed by atoms with E-state index in [-0.39, 0.29) is 11.4 Å². The van der Waals surface area contributed by atoms with Gasteiger partial charge in [0.25, 0.3) is 5.91 Å². The van der Waals surface area contributed by atoms with Crippen LogP contribution in [0.2, 0.25) is 0 Å². The molecule has 1 fully saturated rings. The van der Waals surface area contributed by atoms with Gasteiger partial charge in [0, 0.05) is 31.7 Å². The van der Waals surface area contributed by atoms with E-state index in [0.29, 0.717) is 18.1 Å². The van der Waals surface area contributed by atoms with Crippen molar-refractivity contribution in [3.8, 4) is 0 Å². The van der Waals surface area contributed by atoms with Gasteiger partial charge in [-0.25, -0.2) is 4.98 Å². The highest BCUT2D eigenvalue weighted by Gasteiger charge is 2.34. The molecule has 1 aromatic rings. The number of rotatable bonds is 4. The molecule has 21 heavy (non-hydrogen) atoms. The van der Waals surface area contributed by atoms with Gasteiger partial charge in [0.15, 0.2) is 0 Å². The second-order valence-corrected chi connectivity index (χ2v) is 6.18. The largest absolute Gasteiger partial charge is 0.369 e. The molecule has 116 valence electrons. The number of aromatic nitrogens is 2. The van der Waals surface area contributed by atoms with Crippen LogP contribution >= 0.6 is 0 Å². The summed E-state index contributed by atoms with van der Waals surface area (Å²) in [6.07, 6.45) is 4.21. The van der Waals surface area contributed by atoms with E-state index >= 15 is 0 Å². The van der Waals surface area contributed by atoms with E-state index < -0.39 is 0 Å². The number of carbonyl (C=O) groups is 1. The topological polar surface area (TPSA) is 61.4 Å². The van der Waals surface area contributed by atoms with Crippen molar-refractivity contribution in [2.45, 2.75) is 32.7 Å². The van der Waals surface area contributed by atoms with Crippen LogP contribution in [0.25, 0.3) is 0 Å². The number of nitrogens with zero attached hydrogens (tertiary/aromatic N) is 4. The second-order valence-electron chi connectivity index (χ2n) is 6.18. The molecule has 6 heteroatoms. The van der Waals surface area contributed by atoms with Gasteiger partial charge in [-0.1, -0.05) is 6.92 Å². The van der Waals surface area contributed by atoms with Gasteiger partial charge in [0.05, 0.1) is 12.4 Å². The molecule has 6 nitrogen and oxygen atoms in total. The minimum atomic E-state index is -0.0381. The maximum atomic E-state index is 12.6. The summed E-state index contributed by atoms with van der Waals surface area (Å²) in [5, 5.41) is 3.16. The number of carbonyl (C=O) groups excluding carboxylic acids is 1. The molecule has 0 aromatic carbocycles. The van der Waals surface area contributed by atoms with E-state index in [1.54, 1.807) is 12.4 Å². The van der Waals surface area contributed by atoms with Crippen LogP contribution in [0.15, 0.2) is 12.4 Å². The van der Waals surface area contributed by atoms with Gasteiger partial charge in [-0.2, -0.15) is 0 Å². The monoisotopic (exact) mass is 291 g/mol. The first-order valence-electron chi connectivity index (χ1n) is 7.50. The Kier molecular flexibility index (Phi) is 4.77. The molecule has 0 unspecified atom stereocenters. The standard InChI is InChI=1S/C15H25N5O/c1-5-6-17-13-10-16-9-12(18-13)14(21)20-8-7-19(4)15(2,3)11-20/h9-10H,5-8,11H2,1-4H3,(H,17,18). The molecule has 0 atom stereocenters. The normalized spacial score (nSPS) is 18.6. The Morgan fingerprint density at radius 1 is 1.38 bits per heavy atom. The number of likely N-dealkylation sites (N-methyl/N-ethyl adjacent to an activating group) is 1. The van der Waals surface area contributed by atoms with Crippen LogP contribution in [-0.4, -0.2) is 64.4 Å². The molecule has 2 rings (SSSR count). The Bertz CT molecular complexity index is 503. The van der Waals surface area contributed by atoms with Gasteiger partial charge in [-0.15, -0.1) is 0 Å². The highest BCUT2D eigenvalue weighted by Crippen LogP contribution is 2.20. The highest BCUT2D eigenvalue weighted by atomic mass is 16.2. The van der Waals surface area contributed by atoms with Crippen LogP contribution in [-0.2, 0) is 0 Å². The quantitative estimate of drug-likeness (QED) is 0.910. The van der Waals surface area contributed by atoms with Gasteiger partial charge in [-0.05, 0) is 27.3 Å².